The lowest BCUT2D eigenvalue weighted by Crippen LogP contribution is -2.60. The summed E-state index contributed by atoms with van der Waals surface area (Å²) in [5.74, 6) is 0.0748. The third-order valence-corrected chi connectivity index (χ3v) is 4.65. The number of nitrogens with zero attached hydrogens (tertiary/aromatic N) is 1. The van der Waals surface area contributed by atoms with Crippen molar-refractivity contribution in [1.29, 1.82) is 0 Å². The predicted octanol–water partition coefficient (Wildman–Crippen LogP) is 1.92. The third-order valence-electron chi connectivity index (χ3n) is 3.17. The summed E-state index contributed by atoms with van der Waals surface area (Å²) in [4.78, 5) is 24.6. The van der Waals surface area contributed by atoms with Gasteiger partial charge in [-0.05, 0) is 17.9 Å². The second kappa shape index (κ2) is 4.37. The predicted molar refractivity (Wildman–Crippen MR) is 66.4 cm³/mol. The average molecular weight is 255 g/mol. The second-order valence-corrected chi connectivity index (χ2v) is 6.16. The van der Waals surface area contributed by atoms with Crippen LogP contribution in [0.3, 0.4) is 0 Å². The van der Waals surface area contributed by atoms with Gasteiger partial charge in [-0.15, -0.1) is 11.8 Å². The number of amides is 1. The van der Waals surface area contributed by atoms with Crippen molar-refractivity contribution in [2.45, 2.75) is 32.6 Å². The van der Waals surface area contributed by atoms with Gasteiger partial charge in [0.25, 0.3) is 0 Å². The summed E-state index contributed by atoms with van der Waals surface area (Å²) in [6.07, 6.45) is 0.750. The Hall–Kier alpha value is -0.970. The van der Waals surface area contributed by atoms with Gasteiger partial charge in [0.15, 0.2) is 0 Å². The van der Waals surface area contributed by atoms with E-state index in [2.05, 4.69) is 13.8 Å². The number of aliphatic carboxylic acids is 1. The Morgan fingerprint density at radius 3 is 2.76 bits per heavy atom. The number of hydrogen-bond acceptors (Lipinski definition) is 3. The Morgan fingerprint density at radius 1 is 1.59 bits per heavy atom. The van der Waals surface area contributed by atoms with E-state index in [1.54, 1.807) is 11.8 Å². The summed E-state index contributed by atoms with van der Waals surface area (Å²) < 4.78 is 0. The van der Waals surface area contributed by atoms with Gasteiger partial charge in [0.05, 0.1) is 11.3 Å². The van der Waals surface area contributed by atoms with E-state index in [4.69, 9.17) is 0 Å². The van der Waals surface area contributed by atoms with Crippen molar-refractivity contribution < 1.29 is 14.7 Å². The van der Waals surface area contributed by atoms with Gasteiger partial charge in [0.2, 0.25) is 5.91 Å². The number of carboxylic acids is 1. The summed E-state index contributed by atoms with van der Waals surface area (Å²) in [5.41, 5.74) is 1.14. The van der Waals surface area contributed by atoms with Gasteiger partial charge in [0, 0.05) is 5.75 Å². The van der Waals surface area contributed by atoms with E-state index < -0.39 is 5.97 Å². The Bertz CT molecular complexity index is 403. The topological polar surface area (TPSA) is 57.6 Å². The monoisotopic (exact) mass is 255 g/mol. The van der Waals surface area contributed by atoms with E-state index in [0.717, 1.165) is 17.7 Å². The molecular formula is C12H17NO3S. The molecule has 1 saturated heterocycles. The fourth-order valence-corrected chi connectivity index (χ4v) is 3.78. The summed E-state index contributed by atoms with van der Waals surface area (Å²) >= 11 is 1.68. The summed E-state index contributed by atoms with van der Waals surface area (Å²) in [6.45, 7) is 5.98. The molecule has 17 heavy (non-hydrogen) atoms. The summed E-state index contributed by atoms with van der Waals surface area (Å²) in [7, 11) is 0. The van der Waals surface area contributed by atoms with Crippen LogP contribution in [0.5, 0.6) is 0 Å². The number of thioether (sulfide) groups is 1. The summed E-state index contributed by atoms with van der Waals surface area (Å²) in [6, 6.07) is 0. The van der Waals surface area contributed by atoms with Crippen molar-refractivity contribution in [2.75, 3.05) is 5.75 Å². The third kappa shape index (κ3) is 1.97. The maximum Gasteiger partial charge on any atom is 0.352 e. The fourth-order valence-electron chi connectivity index (χ4n) is 2.39. The number of carbonyl (C=O) groups is 2. The molecule has 4 nitrogen and oxygen atoms in total. The molecule has 2 atom stereocenters. The quantitative estimate of drug-likeness (QED) is 0.783. The average Bonchev–Trinajstić information content (AvgIpc) is 2.26. The van der Waals surface area contributed by atoms with Gasteiger partial charge in [-0.2, -0.15) is 0 Å². The molecular weight excluding hydrogens is 238 g/mol. The smallest absolute Gasteiger partial charge is 0.352 e. The van der Waals surface area contributed by atoms with Crippen LogP contribution in [0.2, 0.25) is 0 Å². The Kier molecular flexibility index (Phi) is 3.21. The molecule has 0 spiro atoms. The number of carboxylic acid groups (broad SMARTS) is 1. The molecule has 0 aliphatic carbocycles. The van der Waals surface area contributed by atoms with E-state index in [9.17, 15) is 14.7 Å². The highest BCUT2D eigenvalue weighted by Gasteiger charge is 2.50. The van der Waals surface area contributed by atoms with Gasteiger partial charge in [-0.3, -0.25) is 9.69 Å². The first kappa shape index (κ1) is 12.5. The van der Waals surface area contributed by atoms with Crippen molar-refractivity contribution >= 4 is 23.6 Å². The lowest BCUT2D eigenvalue weighted by molar-refractivity contribution is -0.151. The first-order valence-corrected chi connectivity index (χ1v) is 6.88. The lowest BCUT2D eigenvalue weighted by atomic mass is 9.95. The molecule has 1 N–H and O–H groups in total. The van der Waals surface area contributed by atoms with Gasteiger partial charge in [0.1, 0.15) is 5.70 Å². The molecule has 2 rings (SSSR count). The molecule has 1 amide bonds. The molecule has 0 aromatic carbocycles. The van der Waals surface area contributed by atoms with E-state index in [0.29, 0.717) is 5.92 Å². The number of β-lactam (4-membered cyclic amide) rings is 1. The molecule has 2 heterocycles. The Balaban J connectivity index is 2.33. The van der Waals surface area contributed by atoms with Crippen molar-refractivity contribution in [3.8, 4) is 0 Å². The molecule has 2 unspecified atom stereocenters. The number of fused-ring (bicyclic) bond motifs is 1. The molecule has 2 aliphatic rings. The first-order chi connectivity index (χ1) is 7.93. The van der Waals surface area contributed by atoms with E-state index in [1.807, 2.05) is 6.92 Å². The van der Waals surface area contributed by atoms with Crippen LogP contribution >= 0.6 is 11.8 Å². The van der Waals surface area contributed by atoms with Crippen molar-refractivity contribution in [3.05, 3.63) is 11.3 Å². The van der Waals surface area contributed by atoms with Crippen molar-refractivity contribution in [3.63, 3.8) is 0 Å². The molecule has 0 saturated carbocycles. The fraction of sp³-hybridized carbons (Fsp3) is 0.667. The van der Waals surface area contributed by atoms with Crippen LogP contribution in [-0.2, 0) is 9.59 Å². The van der Waals surface area contributed by atoms with Gasteiger partial charge in [-0.1, -0.05) is 20.8 Å². The van der Waals surface area contributed by atoms with Crippen LogP contribution in [-0.4, -0.2) is 33.0 Å². The summed E-state index contributed by atoms with van der Waals surface area (Å²) in [5, 5.41) is 9.32. The highest BCUT2D eigenvalue weighted by Crippen LogP contribution is 2.44. The SMILES string of the molecule is CC(C)CC1=C(C(=O)O)N2C(=O)C(C)C2SC1. The maximum absolute atomic E-state index is 11.8. The second-order valence-electron chi connectivity index (χ2n) is 5.05. The van der Waals surface area contributed by atoms with Crippen LogP contribution < -0.4 is 0 Å². The molecule has 94 valence electrons. The minimum Gasteiger partial charge on any atom is -0.477 e. The molecule has 0 bridgehead atoms. The minimum absolute atomic E-state index is 0.0320. The highest BCUT2D eigenvalue weighted by atomic mass is 32.2. The number of hydrogen-bond donors (Lipinski definition) is 1. The molecule has 0 radical (unpaired) electrons. The maximum atomic E-state index is 11.8. The van der Waals surface area contributed by atoms with Crippen molar-refractivity contribution in [2.24, 2.45) is 11.8 Å². The van der Waals surface area contributed by atoms with Crippen LogP contribution in [0.25, 0.3) is 0 Å². The van der Waals surface area contributed by atoms with Crippen molar-refractivity contribution in [1.82, 2.24) is 4.90 Å². The lowest BCUT2D eigenvalue weighted by Gasteiger charge is -2.48. The molecule has 5 heteroatoms. The molecule has 1 fully saturated rings. The zero-order valence-electron chi connectivity index (χ0n) is 10.3. The first-order valence-electron chi connectivity index (χ1n) is 5.83. The standard InChI is InChI=1S/C12H17NO3S/c1-6(2)4-8-5-17-11-7(3)10(14)13(11)9(8)12(15)16/h6-7,11H,4-5H2,1-3H3,(H,15,16). The zero-order chi connectivity index (χ0) is 12.7. The van der Waals surface area contributed by atoms with Crippen LogP contribution in [0.1, 0.15) is 27.2 Å². The van der Waals surface area contributed by atoms with Crippen LogP contribution in [0, 0.1) is 11.8 Å². The highest BCUT2D eigenvalue weighted by molar-refractivity contribution is 8.00. The van der Waals surface area contributed by atoms with E-state index in [-0.39, 0.29) is 22.9 Å². The van der Waals surface area contributed by atoms with Gasteiger partial charge < -0.3 is 5.11 Å². The molecule has 0 aromatic heterocycles. The molecule has 2 aliphatic heterocycles. The number of carbonyl (C=O) groups excluding carboxylic acids is 1. The Labute approximate surface area is 105 Å². The number of rotatable bonds is 3. The van der Waals surface area contributed by atoms with Gasteiger partial charge >= 0.3 is 5.97 Å². The molecule has 0 aromatic rings. The van der Waals surface area contributed by atoms with Crippen LogP contribution in [0.15, 0.2) is 11.3 Å². The van der Waals surface area contributed by atoms with E-state index in [1.165, 1.54) is 4.90 Å². The van der Waals surface area contributed by atoms with Gasteiger partial charge in [-0.25, -0.2) is 4.79 Å². The normalized spacial score (nSPS) is 28.2. The minimum atomic E-state index is -0.966. The Morgan fingerprint density at radius 2 is 2.24 bits per heavy atom. The van der Waals surface area contributed by atoms with E-state index >= 15 is 0 Å². The zero-order valence-corrected chi connectivity index (χ0v) is 11.1. The largest absolute Gasteiger partial charge is 0.477 e. The van der Waals surface area contributed by atoms with Crippen LogP contribution in [0.4, 0.5) is 0 Å².